The molecule has 1 N–H and O–H groups in total. The number of nitrogens with one attached hydrogen (secondary N) is 1. The zero-order valence-electron chi connectivity index (χ0n) is 12.4. The maximum atomic E-state index is 12.6. The molecule has 5 nitrogen and oxygen atoms in total. The summed E-state index contributed by atoms with van der Waals surface area (Å²) in [5.74, 6) is -0.100. The van der Waals surface area contributed by atoms with Crippen LogP contribution in [0.15, 0.2) is 29.2 Å². The molecule has 0 aromatic heterocycles. The molecule has 22 heavy (non-hydrogen) atoms. The van der Waals surface area contributed by atoms with Crippen molar-refractivity contribution in [3.8, 4) is 0 Å². The van der Waals surface area contributed by atoms with E-state index in [-0.39, 0.29) is 11.5 Å². The molecule has 0 amide bonds. The van der Waals surface area contributed by atoms with Crippen molar-refractivity contribution >= 4 is 25.9 Å². The Labute approximate surface area is 131 Å². The van der Waals surface area contributed by atoms with Gasteiger partial charge >= 0.3 is 0 Å². The summed E-state index contributed by atoms with van der Waals surface area (Å²) in [5.41, 5.74) is 1.14. The number of allylic oxidation sites excluding steroid dienone is 1. The third-order valence-electron chi connectivity index (χ3n) is 4.24. The second-order valence-corrected chi connectivity index (χ2v) is 10.2. The first-order valence-electron chi connectivity index (χ1n) is 7.22. The van der Waals surface area contributed by atoms with Crippen LogP contribution in [0.2, 0.25) is 0 Å². The highest BCUT2D eigenvalue weighted by molar-refractivity contribution is 7.94. The normalized spacial score (nSPS) is 27.2. The minimum absolute atomic E-state index is 0.0356. The van der Waals surface area contributed by atoms with Crippen LogP contribution in [0.4, 0.5) is 0 Å². The highest BCUT2D eigenvalue weighted by Crippen LogP contribution is 2.30. The molecule has 0 radical (unpaired) electrons. The van der Waals surface area contributed by atoms with Gasteiger partial charge in [-0.1, -0.05) is 24.3 Å². The molecule has 0 spiro atoms. The molecule has 1 aliphatic heterocycles. The average Bonchev–Trinajstić information content (AvgIpc) is 2.71. The lowest BCUT2D eigenvalue weighted by atomic mass is 9.98. The van der Waals surface area contributed by atoms with Gasteiger partial charge in [0.15, 0.2) is 9.84 Å². The molecular formula is C15H19NO4S2. The maximum Gasteiger partial charge on any atom is 0.237 e. The van der Waals surface area contributed by atoms with Crippen LogP contribution in [-0.4, -0.2) is 33.9 Å². The van der Waals surface area contributed by atoms with Gasteiger partial charge < -0.3 is 0 Å². The third-order valence-corrected chi connectivity index (χ3v) is 7.92. The van der Waals surface area contributed by atoms with Crippen molar-refractivity contribution in [3.05, 3.63) is 40.3 Å². The van der Waals surface area contributed by atoms with E-state index in [4.69, 9.17) is 0 Å². The van der Waals surface area contributed by atoms with Crippen molar-refractivity contribution in [3.63, 3.8) is 0 Å². The number of rotatable bonds is 3. The SMILES string of the molecule is C[C@@]1(NS(=O)(=O)C2=Cc3ccccc3CC2)CCS(=O)(=O)C1. The first kappa shape index (κ1) is 15.7. The van der Waals surface area contributed by atoms with Gasteiger partial charge in [-0.15, -0.1) is 0 Å². The monoisotopic (exact) mass is 341 g/mol. The van der Waals surface area contributed by atoms with E-state index in [9.17, 15) is 16.8 Å². The molecule has 120 valence electrons. The summed E-state index contributed by atoms with van der Waals surface area (Å²) in [6, 6.07) is 7.71. The van der Waals surface area contributed by atoms with Gasteiger partial charge in [-0.3, -0.25) is 0 Å². The average molecular weight is 341 g/mol. The Bertz CT molecular complexity index is 840. The van der Waals surface area contributed by atoms with Gasteiger partial charge in [-0.25, -0.2) is 21.6 Å². The predicted molar refractivity (Wildman–Crippen MR) is 86.5 cm³/mol. The van der Waals surface area contributed by atoms with Crippen molar-refractivity contribution in [2.75, 3.05) is 11.5 Å². The Balaban J connectivity index is 1.87. The lowest BCUT2D eigenvalue weighted by Gasteiger charge is -2.25. The predicted octanol–water partition coefficient (Wildman–Crippen LogP) is 1.47. The van der Waals surface area contributed by atoms with Crippen molar-refractivity contribution in [2.45, 2.75) is 31.7 Å². The van der Waals surface area contributed by atoms with Crippen molar-refractivity contribution in [1.82, 2.24) is 4.72 Å². The quantitative estimate of drug-likeness (QED) is 0.903. The summed E-state index contributed by atoms with van der Waals surface area (Å²) >= 11 is 0. The van der Waals surface area contributed by atoms with Crippen LogP contribution in [0.25, 0.3) is 6.08 Å². The number of aryl methyl sites for hydroxylation is 1. The Kier molecular flexibility index (Phi) is 3.70. The number of benzene rings is 1. The summed E-state index contributed by atoms with van der Waals surface area (Å²) in [4.78, 5) is 0.330. The number of fused-ring (bicyclic) bond motifs is 1. The first-order chi connectivity index (χ1) is 10.2. The number of hydrogen-bond donors (Lipinski definition) is 1. The molecule has 7 heteroatoms. The maximum absolute atomic E-state index is 12.6. The van der Waals surface area contributed by atoms with E-state index in [1.54, 1.807) is 13.0 Å². The zero-order valence-corrected chi connectivity index (χ0v) is 14.0. The summed E-state index contributed by atoms with van der Waals surface area (Å²) < 4.78 is 51.0. The van der Waals surface area contributed by atoms with Gasteiger partial charge in [0.2, 0.25) is 10.0 Å². The topological polar surface area (TPSA) is 80.3 Å². The molecule has 3 rings (SSSR count). The molecule has 2 aliphatic rings. The van der Waals surface area contributed by atoms with Crippen LogP contribution < -0.4 is 4.72 Å². The summed E-state index contributed by atoms with van der Waals surface area (Å²) in [6.07, 6.45) is 3.12. The molecule has 1 fully saturated rings. The van der Waals surface area contributed by atoms with Crippen LogP contribution in [0.1, 0.15) is 30.9 Å². The van der Waals surface area contributed by atoms with Crippen LogP contribution in [0.3, 0.4) is 0 Å². The Morgan fingerprint density at radius 3 is 2.59 bits per heavy atom. The molecule has 0 saturated carbocycles. The molecule has 1 aromatic carbocycles. The van der Waals surface area contributed by atoms with Gasteiger partial charge in [0.05, 0.1) is 16.4 Å². The van der Waals surface area contributed by atoms with Gasteiger partial charge in [0, 0.05) is 5.54 Å². The molecule has 1 aromatic rings. The molecule has 0 unspecified atom stereocenters. The van der Waals surface area contributed by atoms with E-state index in [2.05, 4.69) is 4.72 Å². The van der Waals surface area contributed by atoms with E-state index in [1.807, 2.05) is 24.3 Å². The van der Waals surface area contributed by atoms with E-state index < -0.39 is 25.4 Å². The van der Waals surface area contributed by atoms with Crippen LogP contribution in [0.5, 0.6) is 0 Å². The minimum Gasteiger partial charge on any atom is -0.229 e. The Hall–Kier alpha value is -1.18. The van der Waals surface area contributed by atoms with Gasteiger partial charge in [0.1, 0.15) is 0 Å². The van der Waals surface area contributed by atoms with E-state index >= 15 is 0 Å². The van der Waals surface area contributed by atoms with Crippen molar-refractivity contribution in [1.29, 1.82) is 0 Å². The summed E-state index contributed by atoms with van der Waals surface area (Å²) in [6.45, 7) is 1.66. The second-order valence-electron chi connectivity index (χ2n) is 6.32. The van der Waals surface area contributed by atoms with E-state index in [0.717, 1.165) is 11.1 Å². The van der Waals surface area contributed by atoms with E-state index in [1.165, 1.54) is 0 Å². The first-order valence-corrected chi connectivity index (χ1v) is 10.5. The van der Waals surface area contributed by atoms with Gasteiger partial charge in [-0.2, -0.15) is 0 Å². The third kappa shape index (κ3) is 3.11. The van der Waals surface area contributed by atoms with Crippen molar-refractivity contribution < 1.29 is 16.8 Å². The Morgan fingerprint density at radius 1 is 1.18 bits per heavy atom. The van der Waals surface area contributed by atoms with E-state index in [0.29, 0.717) is 24.2 Å². The van der Waals surface area contributed by atoms with Gasteiger partial charge in [0.25, 0.3) is 0 Å². The summed E-state index contributed by atoms with van der Waals surface area (Å²) in [5, 5.41) is 0. The molecule has 1 atom stereocenters. The molecule has 1 heterocycles. The van der Waals surface area contributed by atoms with Crippen LogP contribution in [0, 0.1) is 0 Å². The lowest BCUT2D eigenvalue weighted by Crippen LogP contribution is -2.47. The highest BCUT2D eigenvalue weighted by atomic mass is 32.2. The Morgan fingerprint density at radius 2 is 1.91 bits per heavy atom. The molecule has 0 bridgehead atoms. The fourth-order valence-electron chi connectivity index (χ4n) is 3.10. The lowest BCUT2D eigenvalue weighted by molar-refractivity contribution is 0.464. The zero-order chi connectivity index (χ0) is 16.0. The van der Waals surface area contributed by atoms with Crippen LogP contribution >= 0.6 is 0 Å². The number of hydrogen-bond acceptors (Lipinski definition) is 4. The summed E-state index contributed by atoms with van der Waals surface area (Å²) in [7, 11) is -6.82. The van der Waals surface area contributed by atoms with Gasteiger partial charge in [-0.05, 0) is 43.4 Å². The number of sulfonamides is 1. The largest absolute Gasteiger partial charge is 0.237 e. The highest BCUT2D eigenvalue weighted by Gasteiger charge is 2.41. The second kappa shape index (κ2) is 5.18. The molecular weight excluding hydrogens is 322 g/mol. The number of sulfone groups is 1. The fraction of sp³-hybridized carbons (Fsp3) is 0.467. The standard InChI is InChI=1S/C15H19NO4S2/c1-15(8-9-21(17,18)11-15)16-22(19,20)14-7-6-12-4-2-3-5-13(12)10-14/h2-5,10,16H,6-9,11H2,1H3/t15-/m1/s1. The molecule has 1 saturated heterocycles. The molecule has 1 aliphatic carbocycles. The fourth-order valence-corrected chi connectivity index (χ4v) is 6.89. The van der Waals surface area contributed by atoms with Crippen molar-refractivity contribution in [2.24, 2.45) is 0 Å². The minimum atomic E-state index is -3.67. The van der Waals surface area contributed by atoms with Crippen LogP contribution in [-0.2, 0) is 26.3 Å². The smallest absolute Gasteiger partial charge is 0.229 e.